The van der Waals surface area contributed by atoms with Gasteiger partial charge in [0.1, 0.15) is 0 Å². The van der Waals surface area contributed by atoms with Crippen molar-refractivity contribution in [3.8, 4) is 0 Å². The van der Waals surface area contributed by atoms with Crippen LogP contribution in [0.25, 0.3) is 0 Å². The van der Waals surface area contributed by atoms with Crippen LogP contribution in [0.15, 0.2) is 24.3 Å². The summed E-state index contributed by atoms with van der Waals surface area (Å²) in [5, 5.41) is 2.80. The molecule has 1 amide bonds. The maximum absolute atomic E-state index is 11.5. The summed E-state index contributed by atoms with van der Waals surface area (Å²) in [5.41, 5.74) is 0. The Labute approximate surface area is 120 Å². The van der Waals surface area contributed by atoms with Crippen molar-refractivity contribution in [2.75, 3.05) is 13.2 Å². The molecule has 0 saturated heterocycles. The topological polar surface area (TPSA) is 64.6 Å². The van der Waals surface area contributed by atoms with Crippen LogP contribution in [-0.2, 0) is 14.3 Å². The van der Waals surface area contributed by atoms with Crippen molar-refractivity contribution < 1.29 is 19.1 Å². The lowest BCUT2D eigenvalue weighted by Gasteiger charge is -2.30. The second-order valence-electron chi connectivity index (χ2n) is 4.72. The fraction of sp³-hybridized carbons (Fsp3) is 0.600. The summed E-state index contributed by atoms with van der Waals surface area (Å²) in [6, 6.07) is -0.163. The van der Waals surface area contributed by atoms with Gasteiger partial charge in [-0.2, -0.15) is 0 Å². The van der Waals surface area contributed by atoms with E-state index in [-0.39, 0.29) is 17.9 Å². The van der Waals surface area contributed by atoms with Crippen molar-refractivity contribution in [1.29, 1.82) is 0 Å². The first-order valence-electron chi connectivity index (χ1n) is 7.03. The molecule has 20 heavy (non-hydrogen) atoms. The first kappa shape index (κ1) is 16.3. The second kappa shape index (κ2) is 8.40. The molecule has 0 aliphatic heterocycles. The van der Waals surface area contributed by atoms with E-state index in [1.54, 1.807) is 13.8 Å². The van der Waals surface area contributed by atoms with Crippen LogP contribution >= 0.6 is 0 Å². The number of alkyl carbamates (subject to hydrolysis) is 1. The van der Waals surface area contributed by atoms with Gasteiger partial charge in [0.15, 0.2) is 0 Å². The molecular formula is C15H23NO4. The molecule has 3 unspecified atom stereocenters. The summed E-state index contributed by atoms with van der Waals surface area (Å²) in [6.07, 6.45) is 7.70. The van der Waals surface area contributed by atoms with Gasteiger partial charge >= 0.3 is 12.1 Å². The van der Waals surface area contributed by atoms with Crippen LogP contribution < -0.4 is 5.32 Å². The van der Waals surface area contributed by atoms with Gasteiger partial charge < -0.3 is 14.8 Å². The molecule has 0 aromatic carbocycles. The lowest BCUT2D eigenvalue weighted by Crippen LogP contribution is -2.42. The zero-order chi connectivity index (χ0) is 15.0. The molecule has 0 heterocycles. The van der Waals surface area contributed by atoms with E-state index >= 15 is 0 Å². The second-order valence-corrected chi connectivity index (χ2v) is 4.72. The third-order valence-electron chi connectivity index (χ3n) is 3.22. The number of esters is 1. The fourth-order valence-electron chi connectivity index (χ4n) is 2.22. The van der Waals surface area contributed by atoms with Crippen molar-refractivity contribution in [3.05, 3.63) is 24.3 Å². The molecule has 0 aromatic rings. The molecule has 0 radical (unpaired) electrons. The zero-order valence-corrected chi connectivity index (χ0v) is 12.3. The van der Waals surface area contributed by atoms with Gasteiger partial charge in [-0.1, -0.05) is 25.2 Å². The molecule has 5 heteroatoms. The van der Waals surface area contributed by atoms with E-state index < -0.39 is 6.09 Å². The molecule has 1 N–H and O–H groups in total. The third-order valence-corrected chi connectivity index (χ3v) is 3.22. The number of hydrogen-bond acceptors (Lipinski definition) is 4. The maximum Gasteiger partial charge on any atom is 0.407 e. The molecule has 1 rings (SSSR count). The highest BCUT2D eigenvalue weighted by molar-refractivity contribution is 5.82. The number of carbonyl (C=O) groups is 2. The standard InChI is InChI=1S/C15H23NO4/c1-4-19-14(17)10-9-12-11(3)7-6-8-13(12)16-15(18)20-5-2/h6,8-13H,4-5,7H2,1-3H3,(H,16,18). The van der Waals surface area contributed by atoms with E-state index in [0.717, 1.165) is 6.42 Å². The number of nitrogens with one attached hydrogen (secondary N) is 1. The van der Waals surface area contributed by atoms with Crippen LogP contribution in [0.5, 0.6) is 0 Å². The Kier molecular flexibility index (Phi) is 6.84. The smallest absolute Gasteiger partial charge is 0.407 e. The number of ether oxygens (including phenoxy) is 2. The lowest BCUT2D eigenvalue weighted by molar-refractivity contribution is -0.137. The summed E-state index contributed by atoms with van der Waals surface area (Å²) < 4.78 is 9.76. The SMILES string of the molecule is CCOC(=O)C=CC1C(C)CC=CC1NC(=O)OCC. The van der Waals surface area contributed by atoms with Crippen molar-refractivity contribution in [3.63, 3.8) is 0 Å². The Bertz CT molecular complexity index is 389. The van der Waals surface area contributed by atoms with E-state index in [1.807, 2.05) is 18.2 Å². The van der Waals surface area contributed by atoms with Gasteiger partial charge in [0, 0.05) is 12.0 Å². The number of rotatable bonds is 5. The lowest BCUT2D eigenvalue weighted by atomic mass is 9.80. The summed E-state index contributed by atoms with van der Waals surface area (Å²) in [7, 11) is 0. The number of carbonyl (C=O) groups excluding carboxylic acids is 2. The summed E-state index contributed by atoms with van der Waals surface area (Å²) in [5.74, 6) is 0.0237. The molecule has 0 fully saturated rings. The van der Waals surface area contributed by atoms with Crippen molar-refractivity contribution in [2.24, 2.45) is 11.8 Å². The van der Waals surface area contributed by atoms with Gasteiger partial charge in [-0.3, -0.25) is 0 Å². The van der Waals surface area contributed by atoms with Crippen LogP contribution in [0.2, 0.25) is 0 Å². The van der Waals surface area contributed by atoms with Crippen LogP contribution in [0.3, 0.4) is 0 Å². The Morgan fingerprint density at radius 1 is 1.30 bits per heavy atom. The molecular weight excluding hydrogens is 258 g/mol. The first-order chi connectivity index (χ1) is 9.58. The third kappa shape index (κ3) is 5.07. The Hall–Kier alpha value is -1.78. The van der Waals surface area contributed by atoms with Gasteiger partial charge in [-0.15, -0.1) is 0 Å². The summed E-state index contributed by atoms with van der Waals surface area (Å²) in [4.78, 5) is 22.9. The largest absolute Gasteiger partial charge is 0.463 e. The predicted octanol–water partition coefficient (Wildman–Crippen LogP) is 2.43. The minimum Gasteiger partial charge on any atom is -0.463 e. The van der Waals surface area contributed by atoms with Gasteiger partial charge in [0.2, 0.25) is 0 Å². The molecule has 5 nitrogen and oxygen atoms in total. The predicted molar refractivity (Wildman–Crippen MR) is 76.1 cm³/mol. The molecule has 1 aliphatic rings. The summed E-state index contributed by atoms with van der Waals surface area (Å²) in [6.45, 7) is 6.30. The van der Waals surface area contributed by atoms with Gasteiger partial charge in [-0.25, -0.2) is 9.59 Å². The van der Waals surface area contributed by atoms with Crippen LogP contribution in [0, 0.1) is 11.8 Å². The van der Waals surface area contributed by atoms with Gasteiger partial charge in [0.05, 0.1) is 19.3 Å². The first-order valence-corrected chi connectivity index (χ1v) is 7.03. The van der Waals surface area contributed by atoms with E-state index in [2.05, 4.69) is 12.2 Å². The normalized spacial score (nSPS) is 25.4. The number of allylic oxidation sites excluding steroid dienone is 1. The highest BCUT2D eigenvalue weighted by Gasteiger charge is 2.27. The van der Waals surface area contributed by atoms with Gasteiger partial charge in [-0.05, 0) is 26.2 Å². The Balaban J connectivity index is 2.69. The minimum atomic E-state index is -0.439. The molecule has 1 aliphatic carbocycles. The maximum atomic E-state index is 11.5. The molecule has 112 valence electrons. The number of amides is 1. The zero-order valence-electron chi connectivity index (χ0n) is 12.3. The molecule has 0 bridgehead atoms. The van der Waals surface area contributed by atoms with Crippen LogP contribution in [0.1, 0.15) is 27.2 Å². The fourth-order valence-corrected chi connectivity index (χ4v) is 2.22. The van der Waals surface area contributed by atoms with Crippen molar-refractivity contribution >= 4 is 12.1 Å². The van der Waals surface area contributed by atoms with Crippen LogP contribution in [-0.4, -0.2) is 31.3 Å². The van der Waals surface area contributed by atoms with Crippen LogP contribution in [0.4, 0.5) is 4.79 Å². The average molecular weight is 281 g/mol. The quantitative estimate of drug-likeness (QED) is 0.477. The molecule has 0 spiro atoms. The number of hydrogen-bond donors (Lipinski definition) is 1. The highest BCUT2D eigenvalue weighted by atomic mass is 16.5. The molecule has 0 aromatic heterocycles. The summed E-state index contributed by atoms with van der Waals surface area (Å²) >= 11 is 0. The molecule has 3 atom stereocenters. The van der Waals surface area contributed by atoms with Crippen molar-refractivity contribution in [2.45, 2.75) is 33.2 Å². The van der Waals surface area contributed by atoms with Crippen molar-refractivity contribution in [1.82, 2.24) is 5.32 Å². The van der Waals surface area contributed by atoms with E-state index in [0.29, 0.717) is 19.1 Å². The highest BCUT2D eigenvalue weighted by Crippen LogP contribution is 2.26. The monoisotopic (exact) mass is 281 g/mol. The molecule has 0 saturated carbocycles. The van der Waals surface area contributed by atoms with E-state index in [4.69, 9.17) is 9.47 Å². The minimum absolute atomic E-state index is 0.0498. The Morgan fingerprint density at radius 2 is 2.00 bits per heavy atom. The van der Waals surface area contributed by atoms with E-state index in [9.17, 15) is 9.59 Å². The van der Waals surface area contributed by atoms with Gasteiger partial charge in [0.25, 0.3) is 0 Å². The van der Waals surface area contributed by atoms with E-state index in [1.165, 1.54) is 6.08 Å². The Morgan fingerprint density at radius 3 is 2.65 bits per heavy atom. The average Bonchev–Trinajstić information content (AvgIpc) is 2.38.